The summed E-state index contributed by atoms with van der Waals surface area (Å²) in [5, 5.41) is 0. The maximum atomic E-state index is 13.4. The zero-order chi connectivity index (χ0) is 34.5. The predicted molar refractivity (Wildman–Crippen MR) is 199 cm³/mol. The Kier molecular flexibility index (Phi) is 8.90. The minimum Gasteiger partial charge on any atom is -0.455 e. The highest BCUT2D eigenvalue weighted by Crippen LogP contribution is 2.37. The second kappa shape index (κ2) is 14.1. The van der Waals surface area contributed by atoms with Gasteiger partial charge in [-0.2, -0.15) is 0 Å². The molecule has 0 aliphatic rings. The Labute approximate surface area is 290 Å². The molecule has 0 aliphatic carbocycles. The molecule has 0 bridgehead atoms. The Morgan fingerprint density at radius 2 is 0.700 bits per heavy atom. The molecule has 0 saturated carbocycles. The summed E-state index contributed by atoms with van der Waals surface area (Å²) in [4.78, 5) is 26.8. The molecule has 6 heteroatoms. The molecule has 0 atom stereocenters. The van der Waals surface area contributed by atoms with Gasteiger partial charge in [0, 0.05) is 33.4 Å². The molecule has 0 unspecified atom stereocenters. The molecule has 0 fully saturated rings. The van der Waals surface area contributed by atoms with Crippen LogP contribution in [0.1, 0.15) is 31.8 Å². The first-order valence-electron chi connectivity index (χ1n) is 16.1. The third kappa shape index (κ3) is 6.72. The van der Waals surface area contributed by atoms with Crippen molar-refractivity contribution in [3.63, 3.8) is 0 Å². The molecule has 0 spiro atoms. The van der Waals surface area contributed by atoms with Crippen molar-refractivity contribution in [2.75, 3.05) is 11.5 Å². The van der Waals surface area contributed by atoms with Crippen LogP contribution < -0.4 is 20.9 Å². The minimum atomic E-state index is -0.228. The quantitative estimate of drug-likeness (QED) is 0.113. The van der Waals surface area contributed by atoms with Gasteiger partial charge in [0.15, 0.2) is 11.6 Å². The van der Waals surface area contributed by atoms with Gasteiger partial charge in [-0.05, 0) is 59.7 Å². The smallest absolute Gasteiger partial charge is 0.193 e. The van der Waals surface area contributed by atoms with E-state index < -0.39 is 0 Å². The normalized spacial score (nSPS) is 10.7. The van der Waals surface area contributed by atoms with Gasteiger partial charge in [-0.1, -0.05) is 121 Å². The molecule has 0 aliphatic heterocycles. The summed E-state index contributed by atoms with van der Waals surface area (Å²) in [6.07, 6.45) is 0. The molecule has 6 nitrogen and oxygen atoms in total. The highest BCUT2D eigenvalue weighted by molar-refractivity contribution is 6.12. The summed E-state index contributed by atoms with van der Waals surface area (Å²) in [6.45, 7) is 0. The Morgan fingerprint density at radius 1 is 0.360 bits per heavy atom. The standard InChI is InChI=1S/C44H32N2O4/c45-37-27-33(23-25-41(37)49-39-17-9-7-15-35(39)29-11-3-1-4-12-29)43(47)31-19-21-32(22-20-31)44(48)34-24-26-42(38(46)28-34)50-40-18-10-8-16-36(40)30-13-5-2-6-14-30/h1-28H,45-46H2. The number of hydrogen-bond acceptors (Lipinski definition) is 6. The van der Waals surface area contributed by atoms with E-state index in [0.717, 1.165) is 22.3 Å². The van der Waals surface area contributed by atoms with E-state index in [1.54, 1.807) is 60.7 Å². The fourth-order valence-corrected chi connectivity index (χ4v) is 5.73. The summed E-state index contributed by atoms with van der Waals surface area (Å²) in [5.41, 5.74) is 18.9. The van der Waals surface area contributed by atoms with Gasteiger partial charge in [0.1, 0.15) is 23.0 Å². The van der Waals surface area contributed by atoms with Crippen LogP contribution in [0.4, 0.5) is 11.4 Å². The fourth-order valence-electron chi connectivity index (χ4n) is 5.73. The number of carbonyl (C=O) groups excluding carboxylic acids is 2. The largest absolute Gasteiger partial charge is 0.455 e. The lowest BCUT2D eigenvalue weighted by Crippen LogP contribution is -2.06. The van der Waals surface area contributed by atoms with Gasteiger partial charge in [0.05, 0.1) is 11.4 Å². The van der Waals surface area contributed by atoms with E-state index in [1.807, 2.05) is 109 Å². The van der Waals surface area contributed by atoms with E-state index in [-0.39, 0.29) is 11.6 Å². The summed E-state index contributed by atoms with van der Waals surface area (Å²) in [5.74, 6) is 1.75. The first-order chi connectivity index (χ1) is 24.4. The highest BCUT2D eigenvalue weighted by Gasteiger charge is 2.17. The maximum absolute atomic E-state index is 13.4. The number of anilines is 2. The van der Waals surface area contributed by atoms with Gasteiger partial charge in [-0.25, -0.2) is 0 Å². The molecular formula is C44H32N2O4. The van der Waals surface area contributed by atoms with Crippen LogP contribution in [0.2, 0.25) is 0 Å². The van der Waals surface area contributed by atoms with Gasteiger partial charge >= 0.3 is 0 Å². The lowest BCUT2D eigenvalue weighted by Gasteiger charge is -2.14. The van der Waals surface area contributed by atoms with Crippen molar-refractivity contribution >= 4 is 22.9 Å². The Bertz CT molecular complexity index is 2150. The average Bonchev–Trinajstić information content (AvgIpc) is 3.17. The number of carbonyl (C=O) groups is 2. The number of rotatable bonds is 10. The van der Waals surface area contributed by atoms with Crippen LogP contribution in [0, 0.1) is 0 Å². The highest BCUT2D eigenvalue weighted by atomic mass is 16.5. The van der Waals surface area contributed by atoms with Gasteiger partial charge in [-0.15, -0.1) is 0 Å². The summed E-state index contributed by atoms with van der Waals surface area (Å²) in [6, 6.07) is 51.8. The topological polar surface area (TPSA) is 105 Å². The van der Waals surface area contributed by atoms with Crippen molar-refractivity contribution in [3.05, 3.63) is 192 Å². The number of nitrogen functional groups attached to an aromatic ring is 2. The third-order valence-corrected chi connectivity index (χ3v) is 8.34. The molecule has 7 aromatic carbocycles. The monoisotopic (exact) mass is 652 g/mol. The lowest BCUT2D eigenvalue weighted by molar-refractivity contribution is 0.102. The van der Waals surface area contributed by atoms with Crippen molar-refractivity contribution in [3.8, 4) is 45.3 Å². The second-order valence-corrected chi connectivity index (χ2v) is 11.7. The molecule has 4 N–H and O–H groups in total. The SMILES string of the molecule is Nc1cc(C(=O)c2ccc(C(=O)c3ccc(Oc4ccccc4-c4ccccc4)c(N)c3)cc2)ccc1Oc1ccccc1-c1ccccc1. The van der Waals surface area contributed by atoms with Gasteiger partial charge in [-0.3, -0.25) is 9.59 Å². The van der Waals surface area contributed by atoms with E-state index in [4.69, 9.17) is 20.9 Å². The molecule has 7 rings (SSSR count). The van der Waals surface area contributed by atoms with E-state index in [0.29, 0.717) is 56.6 Å². The number of para-hydroxylation sites is 2. The molecule has 242 valence electrons. The number of nitrogens with two attached hydrogens (primary N) is 2. The van der Waals surface area contributed by atoms with Gasteiger partial charge < -0.3 is 20.9 Å². The van der Waals surface area contributed by atoms with Crippen LogP contribution in [0.25, 0.3) is 22.3 Å². The summed E-state index contributed by atoms with van der Waals surface area (Å²) >= 11 is 0. The van der Waals surface area contributed by atoms with E-state index >= 15 is 0 Å². The lowest BCUT2D eigenvalue weighted by atomic mass is 9.98. The minimum absolute atomic E-state index is 0.228. The number of hydrogen-bond donors (Lipinski definition) is 2. The molecule has 0 heterocycles. The third-order valence-electron chi connectivity index (χ3n) is 8.34. The zero-order valence-corrected chi connectivity index (χ0v) is 27.0. The first kappa shape index (κ1) is 31.7. The van der Waals surface area contributed by atoms with Crippen LogP contribution in [0.15, 0.2) is 170 Å². The predicted octanol–water partition coefficient (Wildman–Crippen LogP) is 10.2. The molecule has 0 radical (unpaired) electrons. The van der Waals surface area contributed by atoms with E-state index in [1.165, 1.54) is 0 Å². The van der Waals surface area contributed by atoms with Gasteiger partial charge in [0.2, 0.25) is 0 Å². The van der Waals surface area contributed by atoms with Crippen LogP contribution in [-0.2, 0) is 0 Å². The van der Waals surface area contributed by atoms with Crippen molar-refractivity contribution in [1.82, 2.24) is 0 Å². The first-order valence-corrected chi connectivity index (χ1v) is 16.1. The number of ether oxygens (including phenoxy) is 2. The molecule has 50 heavy (non-hydrogen) atoms. The molecule has 7 aromatic rings. The fraction of sp³-hybridized carbons (Fsp3) is 0. The summed E-state index contributed by atoms with van der Waals surface area (Å²) in [7, 11) is 0. The average molecular weight is 653 g/mol. The van der Waals surface area contributed by atoms with Crippen LogP contribution in [0.3, 0.4) is 0 Å². The second-order valence-electron chi connectivity index (χ2n) is 11.7. The van der Waals surface area contributed by atoms with Crippen molar-refractivity contribution in [1.29, 1.82) is 0 Å². The Hall–Kier alpha value is -6.92. The summed E-state index contributed by atoms with van der Waals surface area (Å²) < 4.78 is 12.4. The van der Waals surface area contributed by atoms with Crippen LogP contribution in [-0.4, -0.2) is 11.6 Å². The molecule has 0 aromatic heterocycles. The molecule has 0 saturated heterocycles. The number of benzene rings is 7. The van der Waals surface area contributed by atoms with E-state index in [9.17, 15) is 9.59 Å². The molecular weight excluding hydrogens is 620 g/mol. The van der Waals surface area contributed by atoms with Crippen LogP contribution in [0.5, 0.6) is 23.0 Å². The van der Waals surface area contributed by atoms with Crippen molar-refractivity contribution in [2.24, 2.45) is 0 Å². The Balaban J connectivity index is 1.04. The van der Waals surface area contributed by atoms with Crippen molar-refractivity contribution < 1.29 is 19.1 Å². The van der Waals surface area contributed by atoms with Crippen molar-refractivity contribution in [2.45, 2.75) is 0 Å². The van der Waals surface area contributed by atoms with Gasteiger partial charge in [0.25, 0.3) is 0 Å². The Morgan fingerprint density at radius 3 is 1.08 bits per heavy atom. The maximum Gasteiger partial charge on any atom is 0.193 e. The zero-order valence-electron chi connectivity index (χ0n) is 27.0. The molecule has 0 amide bonds. The number of ketones is 2. The van der Waals surface area contributed by atoms with E-state index in [2.05, 4.69) is 0 Å². The van der Waals surface area contributed by atoms with Crippen LogP contribution >= 0.6 is 0 Å².